The minimum atomic E-state index is 1.22. The van der Waals surface area contributed by atoms with Crippen molar-refractivity contribution in [3.05, 3.63) is 22.1 Å². The number of allylic oxidation sites excluding steroid dienone is 2. The number of hydrogen-bond acceptors (Lipinski definition) is 2. The van der Waals surface area contributed by atoms with Crippen LogP contribution in [0, 0.1) is 0 Å². The van der Waals surface area contributed by atoms with E-state index in [0.717, 1.165) is 0 Å². The van der Waals surface area contributed by atoms with Crippen LogP contribution in [-0.2, 0) is 0 Å². The van der Waals surface area contributed by atoms with E-state index in [2.05, 4.69) is 28.0 Å². The fourth-order valence-electron chi connectivity index (χ4n) is 0.438. The maximum Gasteiger partial charge on any atom is 0.0321 e. The number of hydrazine groups is 1. The predicted octanol–water partition coefficient (Wildman–Crippen LogP) is 1.23. The second-order valence-electron chi connectivity index (χ2n) is 1.58. The van der Waals surface area contributed by atoms with Crippen molar-refractivity contribution in [2.45, 2.75) is 0 Å². The number of halogens is 1. The fraction of sp³-hybridized carbons (Fsp3) is 0.200. The third-order valence-electron chi connectivity index (χ3n) is 0.863. The van der Waals surface area contributed by atoms with Crippen LogP contribution >= 0.6 is 22.6 Å². The molecule has 0 radical (unpaired) electrons. The SMILES string of the molecule is CN1C=CC(I)=CN1. The van der Waals surface area contributed by atoms with E-state index in [1.165, 1.54) is 3.58 Å². The molecule has 0 aliphatic carbocycles. The van der Waals surface area contributed by atoms with Crippen LogP contribution in [0.4, 0.5) is 0 Å². The van der Waals surface area contributed by atoms with E-state index in [1.54, 1.807) is 0 Å². The predicted molar refractivity (Wildman–Crippen MR) is 42.1 cm³/mol. The summed E-state index contributed by atoms with van der Waals surface area (Å²) in [7, 11) is 1.95. The molecule has 1 heterocycles. The Morgan fingerprint density at radius 1 is 1.75 bits per heavy atom. The molecule has 0 fully saturated rings. The van der Waals surface area contributed by atoms with Crippen molar-refractivity contribution in [2.75, 3.05) is 7.05 Å². The lowest BCUT2D eigenvalue weighted by Gasteiger charge is -2.16. The molecule has 1 N–H and O–H groups in total. The molecule has 8 heavy (non-hydrogen) atoms. The molecule has 0 aromatic carbocycles. The van der Waals surface area contributed by atoms with E-state index in [-0.39, 0.29) is 0 Å². The zero-order valence-corrected chi connectivity index (χ0v) is 6.71. The summed E-state index contributed by atoms with van der Waals surface area (Å²) in [6, 6.07) is 0. The normalized spacial score (nSPS) is 17.8. The van der Waals surface area contributed by atoms with Crippen molar-refractivity contribution < 1.29 is 0 Å². The lowest BCUT2D eigenvalue weighted by atomic mass is 10.5. The van der Waals surface area contributed by atoms with Gasteiger partial charge in [-0.15, -0.1) is 0 Å². The molecular formula is C5H7IN2. The van der Waals surface area contributed by atoms with Crippen molar-refractivity contribution in [1.29, 1.82) is 0 Å². The highest BCUT2D eigenvalue weighted by molar-refractivity contribution is 14.1. The Morgan fingerprint density at radius 2 is 2.50 bits per heavy atom. The number of hydrogen-bond donors (Lipinski definition) is 1. The van der Waals surface area contributed by atoms with Crippen LogP contribution in [0.2, 0.25) is 0 Å². The first-order valence-electron chi connectivity index (χ1n) is 2.32. The van der Waals surface area contributed by atoms with E-state index in [0.29, 0.717) is 0 Å². The largest absolute Gasteiger partial charge is 0.305 e. The molecule has 2 nitrogen and oxygen atoms in total. The smallest absolute Gasteiger partial charge is 0.0321 e. The first-order chi connectivity index (χ1) is 3.79. The Labute approximate surface area is 62.4 Å². The number of nitrogens with zero attached hydrogens (tertiary/aromatic N) is 1. The summed E-state index contributed by atoms with van der Waals surface area (Å²) in [5, 5.41) is 1.89. The summed E-state index contributed by atoms with van der Waals surface area (Å²) in [4.78, 5) is 0. The molecule has 1 rings (SSSR count). The Bertz CT molecular complexity index is 139. The average Bonchev–Trinajstić information content (AvgIpc) is 1.77. The van der Waals surface area contributed by atoms with Gasteiger partial charge in [-0.3, -0.25) is 5.01 Å². The lowest BCUT2D eigenvalue weighted by Crippen LogP contribution is -2.26. The zero-order valence-electron chi connectivity index (χ0n) is 4.56. The minimum Gasteiger partial charge on any atom is -0.305 e. The molecular weight excluding hydrogens is 215 g/mol. The van der Waals surface area contributed by atoms with Crippen LogP contribution in [0.3, 0.4) is 0 Å². The summed E-state index contributed by atoms with van der Waals surface area (Å²) in [5.74, 6) is 0. The first kappa shape index (κ1) is 5.94. The highest BCUT2D eigenvalue weighted by Gasteiger charge is 1.92. The van der Waals surface area contributed by atoms with Crippen LogP contribution in [-0.4, -0.2) is 12.1 Å². The summed E-state index contributed by atoms with van der Waals surface area (Å²) < 4.78 is 1.22. The maximum atomic E-state index is 3.01. The summed E-state index contributed by atoms with van der Waals surface area (Å²) in [6.07, 6.45) is 5.96. The molecule has 1 aliphatic heterocycles. The van der Waals surface area contributed by atoms with E-state index >= 15 is 0 Å². The summed E-state index contributed by atoms with van der Waals surface area (Å²) in [6.45, 7) is 0. The van der Waals surface area contributed by atoms with E-state index in [4.69, 9.17) is 0 Å². The van der Waals surface area contributed by atoms with E-state index in [1.807, 2.05) is 30.5 Å². The Balaban J connectivity index is 2.58. The third kappa shape index (κ3) is 1.40. The second-order valence-corrected chi connectivity index (χ2v) is 2.83. The molecule has 0 amide bonds. The third-order valence-corrected chi connectivity index (χ3v) is 1.53. The summed E-state index contributed by atoms with van der Waals surface area (Å²) in [5.41, 5.74) is 3.01. The standard InChI is InChI=1S/C5H7IN2/c1-8-3-2-5(6)4-7-8/h2-4,7H,1H3. The topological polar surface area (TPSA) is 15.3 Å². The van der Waals surface area contributed by atoms with Gasteiger partial charge in [-0.2, -0.15) is 0 Å². The van der Waals surface area contributed by atoms with Crippen molar-refractivity contribution in [1.82, 2.24) is 10.4 Å². The van der Waals surface area contributed by atoms with E-state index < -0.39 is 0 Å². The Hall–Kier alpha value is -0.190. The molecule has 0 saturated carbocycles. The van der Waals surface area contributed by atoms with Gasteiger partial charge < -0.3 is 5.43 Å². The van der Waals surface area contributed by atoms with Crippen LogP contribution in [0.1, 0.15) is 0 Å². The molecule has 0 atom stereocenters. The molecule has 3 heteroatoms. The van der Waals surface area contributed by atoms with Crippen LogP contribution in [0.25, 0.3) is 0 Å². The fourth-order valence-corrected chi connectivity index (χ4v) is 0.738. The zero-order chi connectivity index (χ0) is 5.98. The molecule has 1 aliphatic rings. The minimum absolute atomic E-state index is 1.22. The average molecular weight is 222 g/mol. The monoisotopic (exact) mass is 222 g/mol. The van der Waals surface area contributed by atoms with Crippen molar-refractivity contribution in [2.24, 2.45) is 0 Å². The highest BCUT2D eigenvalue weighted by Crippen LogP contribution is 2.08. The van der Waals surface area contributed by atoms with Crippen LogP contribution in [0.5, 0.6) is 0 Å². The highest BCUT2D eigenvalue weighted by atomic mass is 127. The molecule has 0 spiro atoms. The second kappa shape index (κ2) is 2.39. The van der Waals surface area contributed by atoms with Gasteiger partial charge in [0.2, 0.25) is 0 Å². The Morgan fingerprint density at radius 3 is 2.88 bits per heavy atom. The van der Waals surface area contributed by atoms with Crippen LogP contribution in [0.15, 0.2) is 22.1 Å². The number of rotatable bonds is 0. The molecule has 0 unspecified atom stereocenters. The molecule has 0 bridgehead atoms. The van der Waals surface area contributed by atoms with Gasteiger partial charge in [0.05, 0.1) is 0 Å². The van der Waals surface area contributed by atoms with Crippen LogP contribution < -0.4 is 5.43 Å². The van der Waals surface area contributed by atoms with Gasteiger partial charge >= 0.3 is 0 Å². The molecule has 0 aromatic heterocycles. The van der Waals surface area contributed by atoms with Crippen molar-refractivity contribution >= 4 is 22.6 Å². The summed E-state index contributed by atoms with van der Waals surface area (Å²) >= 11 is 2.25. The van der Waals surface area contributed by atoms with Gasteiger partial charge in [0, 0.05) is 23.0 Å². The molecule has 0 aromatic rings. The van der Waals surface area contributed by atoms with Crippen molar-refractivity contribution in [3.63, 3.8) is 0 Å². The maximum absolute atomic E-state index is 3.01. The van der Waals surface area contributed by atoms with Gasteiger partial charge in [0.15, 0.2) is 0 Å². The Kier molecular flexibility index (Phi) is 1.77. The number of nitrogens with one attached hydrogen (secondary N) is 1. The lowest BCUT2D eigenvalue weighted by molar-refractivity contribution is 0.382. The van der Waals surface area contributed by atoms with Gasteiger partial charge in [-0.25, -0.2) is 0 Å². The van der Waals surface area contributed by atoms with Crippen molar-refractivity contribution in [3.8, 4) is 0 Å². The van der Waals surface area contributed by atoms with Gasteiger partial charge in [0.25, 0.3) is 0 Å². The first-order valence-corrected chi connectivity index (χ1v) is 3.40. The van der Waals surface area contributed by atoms with Gasteiger partial charge in [-0.1, -0.05) is 0 Å². The van der Waals surface area contributed by atoms with Gasteiger partial charge in [-0.05, 0) is 28.7 Å². The quantitative estimate of drug-likeness (QED) is 0.620. The molecule has 44 valence electrons. The molecule has 0 saturated heterocycles. The van der Waals surface area contributed by atoms with E-state index in [9.17, 15) is 0 Å². The van der Waals surface area contributed by atoms with Gasteiger partial charge in [0.1, 0.15) is 0 Å².